The van der Waals surface area contributed by atoms with E-state index in [2.05, 4.69) is 69.6 Å². The van der Waals surface area contributed by atoms with Crippen molar-refractivity contribution in [1.29, 1.82) is 0 Å². The minimum Gasteiger partial charge on any atom is -0.357 e. The molecule has 1 aromatic carbocycles. The van der Waals surface area contributed by atoms with E-state index in [0.29, 0.717) is 0 Å². The van der Waals surface area contributed by atoms with Crippen molar-refractivity contribution in [1.82, 2.24) is 25.4 Å². The van der Waals surface area contributed by atoms with Gasteiger partial charge in [0.15, 0.2) is 5.96 Å². The summed E-state index contributed by atoms with van der Waals surface area (Å²) < 4.78 is 2.09. The summed E-state index contributed by atoms with van der Waals surface area (Å²) in [7, 11) is 0. The standard InChI is InChI=1S/C20H30N6.HI/c1-3-18-25-24-16-26(18)14-13-22-19(21-4-2)23-15-20(11-8-12-20)17-9-6-5-7-10-17;/h5-7,9-10,16H,3-4,8,11-15H2,1-2H3,(H2,21,22,23);1H. The first kappa shape index (κ1) is 21.7. The molecular formula is C20H31IN6. The second-order valence-electron chi connectivity index (χ2n) is 6.92. The molecular weight excluding hydrogens is 451 g/mol. The number of guanidine groups is 1. The summed E-state index contributed by atoms with van der Waals surface area (Å²) in [5, 5.41) is 14.9. The van der Waals surface area contributed by atoms with Gasteiger partial charge in [-0.3, -0.25) is 4.99 Å². The van der Waals surface area contributed by atoms with Crippen LogP contribution in [-0.4, -0.2) is 40.4 Å². The third-order valence-corrected chi connectivity index (χ3v) is 5.24. The van der Waals surface area contributed by atoms with E-state index in [1.54, 1.807) is 6.33 Å². The van der Waals surface area contributed by atoms with Crippen molar-refractivity contribution in [2.45, 2.75) is 51.5 Å². The van der Waals surface area contributed by atoms with Crippen LogP contribution in [0, 0.1) is 0 Å². The zero-order valence-electron chi connectivity index (χ0n) is 16.3. The van der Waals surface area contributed by atoms with E-state index in [9.17, 15) is 0 Å². The molecule has 0 aliphatic heterocycles. The van der Waals surface area contributed by atoms with Crippen molar-refractivity contribution in [3.05, 3.63) is 48.0 Å². The van der Waals surface area contributed by atoms with Gasteiger partial charge in [-0.15, -0.1) is 34.2 Å². The molecule has 0 bridgehead atoms. The van der Waals surface area contributed by atoms with Crippen LogP contribution in [0.5, 0.6) is 0 Å². The van der Waals surface area contributed by atoms with E-state index in [1.165, 1.54) is 24.8 Å². The van der Waals surface area contributed by atoms with Gasteiger partial charge in [-0.05, 0) is 25.3 Å². The Balaban J connectivity index is 0.00000261. The number of nitrogens with zero attached hydrogens (tertiary/aromatic N) is 4. The van der Waals surface area contributed by atoms with E-state index in [4.69, 9.17) is 4.99 Å². The molecule has 2 N–H and O–H groups in total. The van der Waals surface area contributed by atoms with Crippen molar-refractivity contribution < 1.29 is 0 Å². The average molecular weight is 482 g/mol. The van der Waals surface area contributed by atoms with Gasteiger partial charge in [0.25, 0.3) is 0 Å². The van der Waals surface area contributed by atoms with Crippen molar-refractivity contribution in [3.63, 3.8) is 0 Å². The molecule has 6 nitrogen and oxygen atoms in total. The lowest BCUT2D eigenvalue weighted by atomic mass is 9.64. The number of halogens is 1. The van der Waals surface area contributed by atoms with Gasteiger partial charge >= 0.3 is 0 Å². The number of benzene rings is 1. The van der Waals surface area contributed by atoms with Crippen LogP contribution in [0.25, 0.3) is 0 Å². The van der Waals surface area contributed by atoms with Gasteiger partial charge in [0.2, 0.25) is 0 Å². The molecule has 0 atom stereocenters. The number of aromatic nitrogens is 3. The maximum atomic E-state index is 4.90. The molecule has 7 heteroatoms. The Hall–Kier alpha value is -1.64. The molecule has 0 saturated heterocycles. The zero-order chi connectivity index (χ0) is 18.2. The fraction of sp³-hybridized carbons (Fsp3) is 0.550. The molecule has 0 spiro atoms. The van der Waals surface area contributed by atoms with E-state index >= 15 is 0 Å². The molecule has 1 aromatic heterocycles. The predicted octanol–water partition coefficient (Wildman–Crippen LogP) is 3.14. The number of hydrogen-bond donors (Lipinski definition) is 2. The van der Waals surface area contributed by atoms with Crippen molar-refractivity contribution in [2.75, 3.05) is 19.6 Å². The summed E-state index contributed by atoms with van der Waals surface area (Å²) in [6, 6.07) is 10.8. The third kappa shape index (κ3) is 5.43. The molecule has 0 unspecified atom stereocenters. The van der Waals surface area contributed by atoms with Crippen LogP contribution in [0.2, 0.25) is 0 Å². The van der Waals surface area contributed by atoms with Gasteiger partial charge in [0.1, 0.15) is 12.2 Å². The Morgan fingerprint density at radius 3 is 2.59 bits per heavy atom. The fourth-order valence-electron chi connectivity index (χ4n) is 3.54. The summed E-state index contributed by atoms with van der Waals surface area (Å²) in [4.78, 5) is 4.90. The Morgan fingerprint density at radius 2 is 1.96 bits per heavy atom. The van der Waals surface area contributed by atoms with Crippen molar-refractivity contribution in [3.8, 4) is 0 Å². The lowest BCUT2D eigenvalue weighted by Gasteiger charge is -2.41. The van der Waals surface area contributed by atoms with Crippen LogP contribution in [0.4, 0.5) is 0 Å². The van der Waals surface area contributed by atoms with Crippen LogP contribution < -0.4 is 10.6 Å². The molecule has 148 valence electrons. The highest BCUT2D eigenvalue weighted by atomic mass is 127. The van der Waals surface area contributed by atoms with Gasteiger partial charge in [-0.2, -0.15) is 0 Å². The zero-order valence-corrected chi connectivity index (χ0v) is 18.6. The first-order valence-electron chi connectivity index (χ1n) is 9.72. The highest BCUT2D eigenvalue weighted by Crippen LogP contribution is 2.43. The summed E-state index contributed by atoms with van der Waals surface area (Å²) in [6.07, 6.45) is 6.43. The molecule has 1 saturated carbocycles. The highest BCUT2D eigenvalue weighted by molar-refractivity contribution is 14.0. The molecule has 3 rings (SSSR count). The molecule has 1 fully saturated rings. The SMILES string of the molecule is CCNC(=NCC1(c2ccccc2)CCC1)NCCn1cnnc1CC.I. The van der Waals surface area contributed by atoms with Gasteiger partial charge in [0, 0.05) is 31.5 Å². The van der Waals surface area contributed by atoms with Gasteiger partial charge in [0.05, 0.1) is 6.54 Å². The number of hydrogen-bond acceptors (Lipinski definition) is 3. The third-order valence-electron chi connectivity index (χ3n) is 5.24. The first-order valence-corrected chi connectivity index (χ1v) is 9.72. The fourth-order valence-corrected chi connectivity index (χ4v) is 3.54. The lowest BCUT2D eigenvalue weighted by molar-refractivity contribution is 0.253. The van der Waals surface area contributed by atoms with Crippen LogP contribution >= 0.6 is 24.0 Å². The Kier molecular flexibility index (Phi) is 8.53. The number of aliphatic imine (C=N–C) groups is 1. The number of rotatable bonds is 8. The molecule has 0 amide bonds. The van der Waals surface area contributed by atoms with Gasteiger partial charge in [-0.25, -0.2) is 0 Å². The quantitative estimate of drug-likeness (QED) is 0.345. The second-order valence-corrected chi connectivity index (χ2v) is 6.92. The van der Waals surface area contributed by atoms with Crippen LogP contribution in [0.1, 0.15) is 44.5 Å². The Labute approximate surface area is 179 Å². The minimum atomic E-state index is 0. The van der Waals surface area contributed by atoms with E-state index < -0.39 is 0 Å². The van der Waals surface area contributed by atoms with E-state index in [1.807, 2.05) is 0 Å². The predicted molar refractivity (Wildman–Crippen MR) is 121 cm³/mol. The van der Waals surface area contributed by atoms with Gasteiger partial charge < -0.3 is 15.2 Å². The van der Waals surface area contributed by atoms with Crippen molar-refractivity contribution in [2.24, 2.45) is 4.99 Å². The van der Waals surface area contributed by atoms with Crippen LogP contribution in [0.15, 0.2) is 41.7 Å². The number of aryl methyl sites for hydroxylation is 1. The monoisotopic (exact) mass is 482 g/mol. The van der Waals surface area contributed by atoms with Crippen LogP contribution in [0.3, 0.4) is 0 Å². The minimum absolute atomic E-state index is 0. The normalized spacial score (nSPS) is 15.6. The summed E-state index contributed by atoms with van der Waals surface area (Å²) in [5.41, 5.74) is 1.63. The lowest BCUT2D eigenvalue weighted by Crippen LogP contribution is -2.42. The van der Waals surface area contributed by atoms with E-state index in [-0.39, 0.29) is 29.4 Å². The molecule has 0 radical (unpaired) electrons. The van der Waals surface area contributed by atoms with Crippen LogP contribution in [-0.2, 0) is 18.4 Å². The largest absolute Gasteiger partial charge is 0.357 e. The summed E-state index contributed by atoms with van der Waals surface area (Å²) >= 11 is 0. The molecule has 27 heavy (non-hydrogen) atoms. The van der Waals surface area contributed by atoms with Gasteiger partial charge in [-0.1, -0.05) is 43.7 Å². The summed E-state index contributed by atoms with van der Waals surface area (Å²) in [6.45, 7) is 7.53. The first-order chi connectivity index (χ1) is 12.8. The molecule has 1 aliphatic rings. The topological polar surface area (TPSA) is 67.1 Å². The van der Waals surface area contributed by atoms with E-state index in [0.717, 1.165) is 44.4 Å². The molecule has 1 aliphatic carbocycles. The second kappa shape index (κ2) is 10.6. The smallest absolute Gasteiger partial charge is 0.191 e. The maximum absolute atomic E-state index is 4.90. The summed E-state index contributed by atoms with van der Waals surface area (Å²) in [5.74, 6) is 1.91. The highest BCUT2D eigenvalue weighted by Gasteiger charge is 2.38. The average Bonchev–Trinajstić information content (AvgIpc) is 3.09. The van der Waals surface area contributed by atoms with Crippen molar-refractivity contribution >= 4 is 29.9 Å². The number of nitrogens with one attached hydrogen (secondary N) is 2. The molecule has 1 heterocycles. The molecule has 2 aromatic rings. The maximum Gasteiger partial charge on any atom is 0.191 e. The Bertz CT molecular complexity index is 708. The Morgan fingerprint density at radius 1 is 1.19 bits per heavy atom.